The first-order valence-corrected chi connectivity index (χ1v) is 9.30. The van der Waals surface area contributed by atoms with Gasteiger partial charge in [-0.15, -0.1) is 0 Å². The minimum absolute atomic E-state index is 0.000435. The molecule has 0 spiro atoms. The Balaban J connectivity index is 1.39. The number of hydrogen-bond donors (Lipinski definition) is 2. The lowest BCUT2D eigenvalue weighted by Gasteiger charge is -2.31. The summed E-state index contributed by atoms with van der Waals surface area (Å²) in [6.45, 7) is 2.67. The number of benzene rings is 1. The van der Waals surface area contributed by atoms with Gasteiger partial charge in [-0.3, -0.25) is 9.59 Å². The Bertz CT molecular complexity index is 635. The number of carbonyl (C=O) groups is 3. The van der Waals surface area contributed by atoms with Crippen LogP contribution in [0.2, 0.25) is 0 Å². The van der Waals surface area contributed by atoms with Gasteiger partial charge in [0.1, 0.15) is 0 Å². The molecule has 4 amide bonds. The number of likely N-dealkylation sites (tertiary alicyclic amines) is 2. The summed E-state index contributed by atoms with van der Waals surface area (Å²) >= 11 is 0. The van der Waals surface area contributed by atoms with Crippen LogP contribution in [-0.2, 0) is 9.59 Å². The highest BCUT2D eigenvalue weighted by Gasteiger charge is 2.28. The standard InChI is InChI=1S/C19H26N4O3/c24-17(22-10-4-5-11-22)14-20-19(26)23-12-8-15(9-13-23)18(25)21-16-6-2-1-3-7-16/h1-3,6-7,15H,4-5,8-14H2,(H,20,26)(H,21,25). The first-order valence-electron chi connectivity index (χ1n) is 9.30. The zero-order chi connectivity index (χ0) is 18.4. The fourth-order valence-electron chi connectivity index (χ4n) is 3.45. The van der Waals surface area contributed by atoms with Crippen molar-refractivity contribution in [1.82, 2.24) is 15.1 Å². The van der Waals surface area contributed by atoms with Gasteiger partial charge in [-0.25, -0.2) is 4.79 Å². The third-order valence-electron chi connectivity index (χ3n) is 5.04. The molecule has 0 radical (unpaired) electrons. The van der Waals surface area contributed by atoms with Crippen molar-refractivity contribution in [1.29, 1.82) is 0 Å². The van der Waals surface area contributed by atoms with Crippen molar-refractivity contribution in [2.75, 3.05) is 38.0 Å². The van der Waals surface area contributed by atoms with Crippen molar-refractivity contribution >= 4 is 23.5 Å². The number of carbonyl (C=O) groups excluding carboxylic acids is 3. The van der Waals surface area contributed by atoms with E-state index in [1.54, 1.807) is 9.80 Å². The fourth-order valence-corrected chi connectivity index (χ4v) is 3.45. The number of anilines is 1. The molecule has 0 atom stereocenters. The zero-order valence-electron chi connectivity index (χ0n) is 14.9. The molecule has 7 heteroatoms. The predicted octanol–water partition coefficient (Wildman–Crippen LogP) is 1.67. The van der Waals surface area contributed by atoms with Crippen LogP contribution in [0.1, 0.15) is 25.7 Å². The lowest BCUT2D eigenvalue weighted by Crippen LogP contribution is -2.48. The van der Waals surface area contributed by atoms with Gasteiger partial charge < -0.3 is 20.4 Å². The van der Waals surface area contributed by atoms with E-state index in [-0.39, 0.29) is 30.3 Å². The number of rotatable bonds is 4. The van der Waals surface area contributed by atoms with E-state index in [0.29, 0.717) is 25.9 Å². The van der Waals surface area contributed by atoms with Gasteiger partial charge in [0.25, 0.3) is 0 Å². The van der Waals surface area contributed by atoms with Gasteiger partial charge >= 0.3 is 6.03 Å². The van der Waals surface area contributed by atoms with Crippen molar-refractivity contribution in [2.24, 2.45) is 5.92 Å². The van der Waals surface area contributed by atoms with E-state index in [2.05, 4.69) is 10.6 Å². The van der Waals surface area contributed by atoms with Crippen LogP contribution in [0, 0.1) is 5.92 Å². The van der Waals surface area contributed by atoms with E-state index in [1.807, 2.05) is 30.3 Å². The number of hydrogen-bond acceptors (Lipinski definition) is 3. The molecule has 0 unspecified atom stereocenters. The van der Waals surface area contributed by atoms with E-state index in [0.717, 1.165) is 31.6 Å². The summed E-state index contributed by atoms with van der Waals surface area (Å²) < 4.78 is 0. The van der Waals surface area contributed by atoms with E-state index >= 15 is 0 Å². The summed E-state index contributed by atoms with van der Waals surface area (Å²) in [5.74, 6) is -0.112. The second kappa shape index (κ2) is 8.69. The van der Waals surface area contributed by atoms with E-state index in [9.17, 15) is 14.4 Å². The SMILES string of the molecule is O=C(Nc1ccccc1)C1CCN(C(=O)NCC(=O)N2CCCC2)CC1. The van der Waals surface area contributed by atoms with Crippen LogP contribution in [-0.4, -0.2) is 60.4 Å². The number of nitrogens with one attached hydrogen (secondary N) is 2. The molecule has 2 aliphatic rings. The average molecular weight is 358 g/mol. The van der Waals surface area contributed by atoms with E-state index in [1.165, 1.54) is 0 Å². The summed E-state index contributed by atoms with van der Waals surface area (Å²) in [4.78, 5) is 40.0. The predicted molar refractivity (Wildman–Crippen MR) is 98.6 cm³/mol. The highest BCUT2D eigenvalue weighted by molar-refractivity contribution is 5.92. The Hall–Kier alpha value is -2.57. The number of piperidine rings is 1. The Kier molecular flexibility index (Phi) is 6.09. The van der Waals surface area contributed by atoms with Gasteiger partial charge in [-0.05, 0) is 37.8 Å². The van der Waals surface area contributed by atoms with Crippen LogP contribution in [0.4, 0.5) is 10.5 Å². The molecule has 0 aliphatic carbocycles. The average Bonchev–Trinajstić information content (AvgIpc) is 3.21. The van der Waals surface area contributed by atoms with Crippen molar-refractivity contribution in [3.8, 4) is 0 Å². The lowest BCUT2D eigenvalue weighted by molar-refractivity contribution is -0.129. The Morgan fingerprint density at radius 1 is 0.923 bits per heavy atom. The van der Waals surface area contributed by atoms with E-state index < -0.39 is 0 Å². The smallest absolute Gasteiger partial charge is 0.317 e. The highest BCUT2D eigenvalue weighted by Crippen LogP contribution is 2.19. The topological polar surface area (TPSA) is 81.8 Å². The minimum atomic E-state index is -0.223. The van der Waals surface area contributed by atoms with Gasteiger partial charge in [-0.1, -0.05) is 18.2 Å². The van der Waals surface area contributed by atoms with Crippen molar-refractivity contribution in [3.63, 3.8) is 0 Å². The van der Waals surface area contributed by atoms with Crippen LogP contribution in [0.5, 0.6) is 0 Å². The van der Waals surface area contributed by atoms with Crippen molar-refractivity contribution < 1.29 is 14.4 Å². The summed E-state index contributed by atoms with van der Waals surface area (Å²) in [6, 6.07) is 9.16. The van der Waals surface area contributed by atoms with Gasteiger partial charge in [0.2, 0.25) is 11.8 Å². The van der Waals surface area contributed by atoms with Crippen LogP contribution in [0.3, 0.4) is 0 Å². The summed E-state index contributed by atoms with van der Waals surface area (Å²) in [5, 5.41) is 5.63. The monoisotopic (exact) mass is 358 g/mol. The molecule has 2 N–H and O–H groups in total. The summed E-state index contributed by atoms with van der Waals surface area (Å²) in [7, 11) is 0. The summed E-state index contributed by atoms with van der Waals surface area (Å²) in [6.07, 6.45) is 3.34. The Morgan fingerprint density at radius 2 is 1.58 bits per heavy atom. The Labute approximate surface area is 153 Å². The second-order valence-electron chi connectivity index (χ2n) is 6.86. The van der Waals surface area contributed by atoms with Crippen LogP contribution in [0.15, 0.2) is 30.3 Å². The number of nitrogens with zero attached hydrogens (tertiary/aromatic N) is 2. The van der Waals surface area contributed by atoms with Crippen molar-refractivity contribution in [3.05, 3.63) is 30.3 Å². The highest BCUT2D eigenvalue weighted by atomic mass is 16.2. The molecule has 0 bridgehead atoms. The zero-order valence-corrected chi connectivity index (χ0v) is 14.9. The molecule has 0 saturated carbocycles. The molecule has 2 heterocycles. The van der Waals surface area contributed by atoms with Gasteiger partial charge in [-0.2, -0.15) is 0 Å². The third kappa shape index (κ3) is 4.74. The number of para-hydroxylation sites is 1. The third-order valence-corrected chi connectivity index (χ3v) is 5.04. The van der Waals surface area contributed by atoms with Gasteiger partial charge in [0, 0.05) is 37.8 Å². The second-order valence-corrected chi connectivity index (χ2v) is 6.86. The number of amides is 4. The molecule has 2 saturated heterocycles. The molecule has 7 nitrogen and oxygen atoms in total. The molecule has 26 heavy (non-hydrogen) atoms. The molecular weight excluding hydrogens is 332 g/mol. The molecule has 1 aromatic carbocycles. The molecular formula is C19H26N4O3. The maximum Gasteiger partial charge on any atom is 0.317 e. The maximum atomic E-state index is 12.3. The van der Waals surface area contributed by atoms with Crippen molar-refractivity contribution in [2.45, 2.75) is 25.7 Å². The first kappa shape index (κ1) is 18.2. The normalized spacial score (nSPS) is 17.8. The molecule has 1 aromatic rings. The lowest BCUT2D eigenvalue weighted by atomic mass is 9.96. The molecule has 140 valence electrons. The van der Waals surface area contributed by atoms with Gasteiger partial charge in [0.05, 0.1) is 6.54 Å². The first-order chi connectivity index (χ1) is 12.6. The van der Waals surface area contributed by atoms with Crippen LogP contribution in [0.25, 0.3) is 0 Å². The molecule has 3 rings (SSSR count). The minimum Gasteiger partial charge on any atom is -0.341 e. The van der Waals surface area contributed by atoms with Crippen LogP contribution < -0.4 is 10.6 Å². The quantitative estimate of drug-likeness (QED) is 0.859. The fraction of sp³-hybridized carbons (Fsp3) is 0.526. The molecule has 2 fully saturated rings. The number of urea groups is 1. The molecule has 0 aromatic heterocycles. The largest absolute Gasteiger partial charge is 0.341 e. The van der Waals surface area contributed by atoms with Crippen LogP contribution >= 0.6 is 0 Å². The maximum absolute atomic E-state index is 12.3. The Morgan fingerprint density at radius 3 is 2.23 bits per heavy atom. The van der Waals surface area contributed by atoms with E-state index in [4.69, 9.17) is 0 Å². The molecule has 2 aliphatic heterocycles. The van der Waals surface area contributed by atoms with Gasteiger partial charge in [0.15, 0.2) is 0 Å². The summed E-state index contributed by atoms with van der Waals surface area (Å²) in [5.41, 5.74) is 0.790.